The standard InChI is InChI=1S/C12H10.CH4OS.BF4/c1-3-7-11(8-4-1)12-9-5-2-6-10-12;1-2-3;2-1(3,4)5/h1-10H;3H,1H3;/q;;-1/p+1. The first-order valence-corrected chi connectivity index (χ1v) is 5.96. The summed E-state index contributed by atoms with van der Waals surface area (Å²) in [5.41, 5.74) is 2.55. The zero-order valence-electron chi connectivity index (χ0n) is 10.8. The van der Waals surface area contributed by atoms with Gasteiger partial charge in [0.1, 0.15) is 12.9 Å². The Morgan fingerprint density at radius 1 is 0.750 bits per heavy atom. The van der Waals surface area contributed by atoms with Crippen LogP contribution in [0, 0.1) is 0 Å². The zero-order valence-corrected chi connectivity index (χ0v) is 11.8. The summed E-state index contributed by atoms with van der Waals surface area (Å²) in [7, 11) is -4.46. The summed E-state index contributed by atoms with van der Waals surface area (Å²) in [6, 6.07) is 20.8. The fraction of sp³-hybridized carbons (Fsp3) is 0.0769. The summed E-state index contributed by atoms with van der Waals surface area (Å²) in [6.45, 7) is 0. The molecule has 2 rings (SSSR count). The lowest BCUT2D eigenvalue weighted by molar-refractivity contribution is 0.368. The molecular formula is C13H15BF4OS. The van der Waals surface area contributed by atoms with Crippen LogP contribution in [-0.4, -0.2) is 14.4 Å². The van der Waals surface area contributed by atoms with Crippen LogP contribution in [0.2, 0.25) is 0 Å². The van der Waals surface area contributed by atoms with Crippen molar-refractivity contribution in [1.82, 2.24) is 0 Å². The van der Waals surface area contributed by atoms with Crippen molar-refractivity contribution in [2.24, 2.45) is 0 Å². The van der Waals surface area contributed by atoms with Crippen molar-refractivity contribution in [3.8, 4) is 11.1 Å². The molecule has 20 heavy (non-hydrogen) atoms. The Labute approximate surface area is 121 Å². The SMILES string of the molecule is CO[SH2+].F[B-](F)(F)F.c1ccc(-c2ccccc2)cc1. The largest absolute Gasteiger partial charge is 0.673 e. The van der Waals surface area contributed by atoms with Crippen LogP contribution in [0.1, 0.15) is 0 Å². The molecule has 7 heteroatoms. The zero-order chi connectivity index (χ0) is 15.4. The van der Waals surface area contributed by atoms with Gasteiger partial charge in [-0.1, -0.05) is 60.7 Å². The van der Waals surface area contributed by atoms with Gasteiger partial charge in [-0.3, -0.25) is 0 Å². The molecular weight excluding hydrogens is 291 g/mol. The highest BCUT2D eigenvalue weighted by Gasteiger charge is 2.20. The lowest BCUT2D eigenvalue weighted by Gasteiger charge is -1.98. The minimum Gasteiger partial charge on any atom is -0.418 e. The van der Waals surface area contributed by atoms with Gasteiger partial charge in [0.2, 0.25) is 0 Å². The Bertz CT molecular complexity index is 407. The number of hydrogen-bond acceptors (Lipinski definition) is 1. The van der Waals surface area contributed by atoms with E-state index >= 15 is 0 Å². The van der Waals surface area contributed by atoms with Gasteiger partial charge in [0.05, 0.1) is 7.11 Å². The maximum atomic E-state index is 9.75. The molecule has 0 radical (unpaired) electrons. The molecule has 0 saturated carbocycles. The van der Waals surface area contributed by atoms with Crippen molar-refractivity contribution in [3.05, 3.63) is 60.7 Å². The summed E-state index contributed by atoms with van der Waals surface area (Å²) in [6.07, 6.45) is 0. The van der Waals surface area contributed by atoms with Gasteiger partial charge in [0.25, 0.3) is 0 Å². The fourth-order valence-electron chi connectivity index (χ4n) is 1.26. The molecule has 2 aromatic rings. The van der Waals surface area contributed by atoms with Crippen molar-refractivity contribution in [3.63, 3.8) is 0 Å². The van der Waals surface area contributed by atoms with E-state index < -0.39 is 7.25 Å². The van der Waals surface area contributed by atoms with Gasteiger partial charge in [-0.2, -0.15) is 4.18 Å². The van der Waals surface area contributed by atoms with Crippen LogP contribution in [-0.2, 0) is 17.1 Å². The Morgan fingerprint density at radius 3 is 1.15 bits per heavy atom. The monoisotopic (exact) mass is 306 g/mol. The molecule has 0 atom stereocenters. The molecule has 0 aromatic heterocycles. The minimum absolute atomic E-state index is 1.28. The fourth-order valence-corrected chi connectivity index (χ4v) is 1.26. The van der Waals surface area contributed by atoms with E-state index in [0.717, 1.165) is 0 Å². The summed E-state index contributed by atoms with van der Waals surface area (Å²) < 4.78 is 43.1. The van der Waals surface area contributed by atoms with Crippen molar-refractivity contribution in [1.29, 1.82) is 0 Å². The maximum absolute atomic E-state index is 9.75. The van der Waals surface area contributed by atoms with Gasteiger partial charge in [-0.15, -0.1) is 0 Å². The van der Waals surface area contributed by atoms with E-state index in [1.165, 1.54) is 18.2 Å². The molecule has 110 valence electrons. The lowest BCUT2D eigenvalue weighted by atomic mass is 10.1. The highest BCUT2D eigenvalue weighted by atomic mass is 32.1. The van der Waals surface area contributed by atoms with Crippen LogP contribution < -0.4 is 0 Å². The predicted molar refractivity (Wildman–Crippen MR) is 79.2 cm³/mol. The van der Waals surface area contributed by atoms with Crippen molar-refractivity contribution >= 4 is 20.2 Å². The topological polar surface area (TPSA) is 9.23 Å². The summed E-state index contributed by atoms with van der Waals surface area (Å²) in [4.78, 5) is 0. The molecule has 2 aromatic carbocycles. The molecule has 0 amide bonds. The van der Waals surface area contributed by atoms with Crippen LogP contribution in [0.5, 0.6) is 0 Å². The highest BCUT2D eigenvalue weighted by molar-refractivity contribution is 7.53. The molecule has 1 nitrogen and oxygen atoms in total. The van der Waals surface area contributed by atoms with Crippen molar-refractivity contribution in [2.45, 2.75) is 0 Å². The van der Waals surface area contributed by atoms with Crippen LogP contribution >= 0.6 is 0 Å². The quantitative estimate of drug-likeness (QED) is 0.435. The number of rotatable bonds is 1. The molecule has 0 saturated heterocycles. The van der Waals surface area contributed by atoms with Gasteiger partial charge in [0, 0.05) is 0 Å². The average molecular weight is 306 g/mol. The second-order valence-corrected chi connectivity index (χ2v) is 3.84. The van der Waals surface area contributed by atoms with Crippen molar-refractivity contribution < 1.29 is 21.4 Å². The lowest BCUT2D eigenvalue weighted by Crippen LogP contribution is -2.02. The predicted octanol–water partition coefficient (Wildman–Crippen LogP) is 4.21. The Balaban J connectivity index is 0.000000382. The van der Waals surface area contributed by atoms with Crippen LogP contribution in [0.3, 0.4) is 0 Å². The molecule has 0 spiro atoms. The first-order valence-electron chi connectivity index (χ1n) is 5.56. The molecule has 0 fully saturated rings. The van der Waals surface area contributed by atoms with Crippen LogP contribution in [0.25, 0.3) is 11.1 Å². The van der Waals surface area contributed by atoms with E-state index in [-0.39, 0.29) is 0 Å². The number of benzene rings is 2. The second kappa shape index (κ2) is 10.3. The Morgan fingerprint density at radius 2 is 0.950 bits per heavy atom. The van der Waals surface area contributed by atoms with Gasteiger partial charge in [0.15, 0.2) is 0 Å². The Kier molecular flexibility index (Phi) is 9.58. The van der Waals surface area contributed by atoms with Gasteiger partial charge in [-0.05, 0) is 11.1 Å². The third-order valence-electron chi connectivity index (χ3n) is 1.88. The van der Waals surface area contributed by atoms with Gasteiger partial charge < -0.3 is 17.3 Å². The average Bonchev–Trinajstić information content (AvgIpc) is 2.40. The number of halogens is 4. The van der Waals surface area contributed by atoms with E-state index in [9.17, 15) is 17.3 Å². The number of hydrogen-bond donors (Lipinski definition) is 0. The summed E-state index contributed by atoms with van der Waals surface area (Å²) >= 11 is 2.68. The summed E-state index contributed by atoms with van der Waals surface area (Å²) in [5, 5.41) is 0. The van der Waals surface area contributed by atoms with E-state index in [1.807, 2.05) is 12.1 Å². The third kappa shape index (κ3) is 11.6. The minimum atomic E-state index is -6.00. The van der Waals surface area contributed by atoms with Crippen LogP contribution in [0.15, 0.2) is 60.7 Å². The van der Waals surface area contributed by atoms with E-state index in [1.54, 1.807) is 0 Å². The van der Waals surface area contributed by atoms with Crippen LogP contribution in [0.4, 0.5) is 17.3 Å². The third-order valence-corrected chi connectivity index (χ3v) is 1.88. The first kappa shape index (κ1) is 18.5. The first-order chi connectivity index (χ1) is 9.38. The maximum Gasteiger partial charge on any atom is 0.673 e. The second-order valence-electron chi connectivity index (χ2n) is 3.43. The molecule has 0 heterocycles. The molecule has 0 aliphatic heterocycles. The van der Waals surface area contributed by atoms with E-state index in [4.69, 9.17) is 0 Å². The highest BCUT2D eigenvalue weighted by Crippen LogP contribution is 2.17. The van der Waals surface area contributed by atoms with Gasteiger partial charge >= 0.3 is 7.25 Å². The van der Waals surface area contributed by atoms with Crippen molar-refractivity contribution in [2.75, 3.05) is 7.11 Å². The molecule has 0 unspecified atom stereocenters. The molecule has 0 N–H and O–H groups in total. The normalized spacial score (nSPS) is 9.70. The van der Waals surface area contributed by atoms with E-state index in [0.29, 0.717) is 0 Å². The van der Waals surface area contributed by atoms with E-state index in [2.05, 4.69) is 65.6 Å². The summed E-state index contributed by atoms with van der Waals surface area (Å²) in [5.74, 6) is 0. The molecule has 0 aliphatic rings. The molecule has 0 aliphatic carbocycles. The molecule has 0 bridgehead atoms. The van der Waals surface area contributed by atoms with Gasteiger partial charge in [-0.25, -0.2) is 0 Å². The smallest absolute Gasteiger partial charge is 0.418 e. The Hall–Kier alpha value is -1.47.